The van der Waals surface area contributed by atoms with Gasteiger partial charge in [0.15, 0.2) is 0 Å². The minimum atomic E-state index is -0.381. The summed E-state index contributed by atoms with van der Waals surface area (Å²) in [5.74, 6) is 2.20. The highest BCUT2D eigenvalue weighted by Gasteiger charge is 2.56. The number of fused-ring (bicyclic) bond motifs is 1. The van der Waals surface area contributed by atoms with Crippen LogP contribution in [0, 0.1) is 17.8 Å². The first-order valence-electron chi connectivity index (χ1n) is 6.05. The lowest BCUT2D eigenvalue weighted by Crippen LogP contribution is -2.37. The standard InChI is InChI=1S/C12H22N2O2/c1-12(2,3)16-11(15)14-6-9-8(5-13-4)10(9)7-14/h8-10,13H,5-7H2,1-4H3/t8-,9-,10+. The number of hydrogen-bond acceptors (Lipinski definition) is 3. The van der Waals surface area contributed by atoms with Crippen LogP contribution in [0.1, 0.15) is 20.8 Å². The molecule has 0 bridgehead atoms. The first-order chi connectivity index (χ1) is 7.42. The van der Waals surface area contributed by atoms with Gasteiger partial charge in [-0.1, -0.05) is 0 Å². The van der Waals surface area contributed by atoms with E-state index in [0.29, 0.717) is 11.8 Å². The second-order valence-corrected chi connectivity index (χ2v) is 5.93. The zero-order valence-electron chi connectivity index (χ0n) is 10.6. The topological polar surface area (TPSA) is 41.6 Å². The number of nitrogens with one attached hydrogen (secondary N) is 1. The van der Waals surface area contributed by atoms with Gasteiger partial charge in [-0.3, -0.25) is 0 Å². The summed E-state index contributed by atoms with van der Waals surface area (Å²) in [7, 11) is 1.99. The molecular weight excluding hydrogens is 204 g/mol. The Morgan fingerprint density at radius 2 is 1.94 bits per heavy atom. The van der Waals surface area contributed by atoms with Crippen LogP contribution in [0.2, 0.25) is 0 Å². The smallest absolute Gasteiger partial charge is 0.410 e. The number of nitrogens with zero attached hydrogens (tertiary/aromatic N) is 1. The van der Waals surface area contributed by atoms with Gasteiger partial charge in [-0.25, -0.2) is 4.79 Å². The van der Waals surface area contributed by atoms with Gasteiger partial charge in [0.25, 0.3) is 0 Å². The Kier molecular flexibility index (Phi) is 2.86. The lowest BCUT2D eigenvalue weighted by atomic mass is 10.2. The fraction of sp³-hybridized carbons (Fsp3) is 0.917. The fourth-order valence-corrected chi connectivity index (χ4v) is 2.66. The molecule has 0 radical (unpaired) electrons. The van der Waals surface area contributed by atoms with Crippen LogP contribution in [0.3, 0.4) is 0 Å². The Labute approximate surface area is 97.3 Å². The summed E-state index contributed by atoms with van der Waals surface area (Å²) < 4.78 is 5.36. The summed E-state index contributed by atoms with van der Waals surface area (Å²) in [4.78, 5) is 13.6. The van der Waals surface area contributed by atoms with Gasteiger partial charge in [-0.05, 0) is 52.1 Å². The number of piperidine rings is 1. The Morgan fingerprint density at radius 1 is 1.38 bits per heavy atom. The van der Waals surface area contributed by atoms with E-state index in [-0.39, 0.29) is 11.7 Å². The molecule has 2 fully saturated rings. The van der Waals surface area contributed by atoms with Crippen molar-refractivity contribution < 1.29 is 9.53 Å². The second kappa shape index (κ2) is 3.91. The van der Waals surface area contributed by atoms with Crippen LogP contribution in [0.4, 0.5) is 4.79 Å². The van der Waals surface area contributed by atoms with Crippen molar-refractivity contribution >= 4 is 6.09 Å². The van der Waals surface area contributed by atoms with Gasteiger partial charge in [0, 0.05) is 13.1 Å². The van der Waals surface area contributed by atoms with Crippen molar-refractivity contribution in [3.63, 3.8) is 0 Å². The number of ether oxygens (including phenoxy) is 1. The summed E-state index contributed by atoms with van der Waals surface area (Å²) in [5, 5.41) is 3.21. The van der Waals surface area contributed by atoms with E-state index in [1.807, 2.05) is 32.7 Å². The van der Waals surface area contributed by atoms with Crippen LogP contribution in [0.25, 0.3) is 0 Å². The maximum absolute atomic E-state index is 11.8. The second-order valence-electron chi connectivity index (χ2n) is 5.93. The maximum Gasteiger partial charge on any atom is 0.410 e. The molecule has 0 aromatic carbocycles. The summed E-state index contributed by atoms with van der Waals surface area (Å²) >= 11 is 0. The van der Waals surface area contributed by atoms with Gasteiger partial charge >= 0.3 is 6.09 Å². The lowest BCUT2D eigenvalue weighted by molar-refractivity contribution is 0.0266. The predicted octanol–water partition coefficient (Wildman–Crippen LogP) is 1.32. The van der Waals surface area contributed by atoms with E-state index in [4.69, 9.17) is 4.74 Å². The molecule has 92 valence electrons. The summed E-state index contributed by atoms with van der Waals surface area (Å²) in [5.41, 5.74) is -0.381. The van der Waals surface area contributed by atoms with E-state index in [2.05, 4.69) is 5.32 Å². The van der Waals surface area contributed by atoms with Crippen molar-refractivity contribution in [2.24, 2.45) is 17.8 Å². The number of rotatable bonds is 2. The normalized spacial score (nSPS) is 32.5. The Balaban J connectivity index is 1.78. The highest BCUT2D eigenvalue weighted by Crippen LogP contribution is 2.51. The quantitative estimate of drug-likeness (QED) is 0.772. The molecule has 1 aliphatic carbocycles. The highest BCUT2D eigenvalue weighted by molar-refractivity contribution is 5.68. The van der Waals surface area contributed by atoms with Gasteiger partial charge in [0.05, 0.1) is 0 Å². The van der Waals surface area contributed by atoms with Gasteiger partial charge in [-0.15, -0.1) is 0 Å². The van der Waals surface area contributed by atoms with E-state index in [0.717, 1.165) is 25.6 Å². The molecule has 0 aromatic heterocycles. The molecule has 1 N–H and O–H groups in total. The van der Waals surface area contributed by atoms with Crippen molar-refractivity contribution in [1.82, 2.24) is 10.2 Å². The molecule has 0 spiro atoms. The van der Waals surface area contributed by atoms with Gasteiger partial charge < -0.3 is 15.0 Å². The molecule has 3 atom stereocenters. The number of carbonyl (C=O) groups is 1. The predicted molar refractivity (Wildman–Crippen MR) is 62.2 cm³/mol. The first-order valence-corrected chi connectivity index (χ1v) is 6.05. The number of amides is 1. The van der Waals surface area contributed by atoms with Crippen LogP contribution in [0.5, 0.6) is 0 Å². The van der Waals surface area contributed by atoms with Crippen molar-refractivity contribution in [2.45, 2.75) is 26.4 Å². The molecule has 16 heavy (non-hydrogen) atoms. The van der Waals surface area contributed by atoms with Crippen molar-refractivity contribution in [2.75, 3.05) is 26.7 Å². The molecule has 4 heteroatoms. The van der Waals surface area contributed by atoms with Crippen LogP contribution in [0.15, 0.2) is 0 Å². The summed E-state index contributed by atoms with van der Waals surface area (Å²) in [6, 6.07) is 0. The van der Waals surface area contributed by atoms with Crippen LogP contribution >= 0.6 is 0 Å². The van der Waals surface area contributed by atoms with Crippen molar-refractivity contribution in [1.29, 1.82) is 0 Å². The number of carbonyl (C=O) groups excluding carboxylic acids is 1. The molecule has 1 saturated heterocycles. The average Bonchev–Trinajstić information content (AvgIpc) is 2.60. The third kappa shape index (κ3) is 2.32. The van der Waals surface area contributed by atoms with Crippen LogP contribution in [-0.4, -0.2) is 43.3 Å². The van der Waals surface area contributed by atoms with Crippen LogP contribution < -0.4 is 5.32 Å². The first kappa shape index (κ1) is 11.7. The lowest BCUT2D eigenvalue weighted by Gasteiger charge is -2.25. The zero-order chi connectivity index (χ0) is 11.9. The molecular formula is C12H22N2O2. The largest absolute Gasteiger partial charge is 0.444 e. The van der Waals surface area contributed by atoms with E-state index < -0.39 is 0 Å². The van der Waals surface area contributed by atoms with Crippen LogP contribution in [-0.2, 0) is 4.74 Å². The Bertz CT molecular complexity index is 273. The fourth-order valence-electron chi connectivity index (χ4n) is 2.66. The molecule has 1 saturated carbocycles. The summed E-state index contributed by atoms with van der Waals surface area (Å²) in [6.45, 7) is 8.57. The third-order valence-electron chi connectivity index (χ3n) is 3.46. The average molecular weight is 226 g/mol. The minimum absolute atomic E-state index is 0.150. The van der Waals surface area contributed by atoms with Gasteiger partial charge in [-0.2, -0.15) is 0 Å². The van der Waals surface area contributed by atoms with E-state index >= 15 is 0 Å². The van der Waals surface area contributed by atoms with E-state index in [9.17, 15) is 4.79 Å². The maximum atomic E-state index is 11.8. The zero-order valence-corrected chi connectivity index (χ0v) is 10.6. The monoisotopic (exact) mass is 226 g/mol. The minimum Gasteiger partial charge on any atom is -0.444 e. The molecule has 2 rings (SSSR count). The SMILES string of the molecule is CNC[C@@H]1[C@H]2CN(C(=O)OC(C)(C)C)C[C@@H]12. The van der Waals surface area contributed by atoms with Gasteiger partial charge in [0.1, 0.15) is 5.60 Å². The molecule has 1 aliphatic heterocycles. The van der Waals surface area contributed by atoms with Gasteiger partial charge in [0.2, 0.25) is 0 Å². The molecule has 1 amide bonds. The highest BCUT2D eigenvalue weighted by atomic mass is 16.6. The van der Waals surface area contributed by atoms with E-state index in [1.54, 1.807) is 0 Å². The van der Waals surface area contributed by atoms with Crippen molar-refractivity contribution in [3.05, 3.63) is 0 Å². The van der Waals surface area contributed by atoms with E-state index in [1.165, 1.54) is 0 Å². The number of hydrogen-bond donors (Lipinski definition) is 1. The molecule has 1 heterocycles. The molecule has 4 nitrogen and oxygen atoms in total. The third-order valence-corrected chi connectivity index (χ3v) is 3.46. The Morgan fingerprint density at radius 3 is 2.38 bits per heavy atom. The summed E-state index contributed by atoms with van der Waals surface area (Å²) in [6.07, 6.45) is -0.150. The number of likely N-dealkylation sites (tertiary alicyclic amines) is 1. The Hall–Kier alpha value is -0.770. The molecule has 0 aromatic rings. The molecule has 0 unspecified atom stereocenters. The van der Waals surface area contributed by atoms with Crippen molar-refractivity contribution in [3.8, 4) is 0 Å². The molecule has 2 aliphatic rings.